The van der Waals surface area contributed by atoms with Crippen LogP contribution in [-0.2, 0) is 34.1 Å². The van der Waals surface area contributed by atoms with Gasteiger partial charge in [0.15, 0.2) is 0 Å². The van der Waals surface area contributed by atoms with Crippen LogP contribution in [0, 0.1) is 0 Å². The second-order valence-corrected chi connectivity index (χ2v) is 11.1. The molecule has 0 radical (unpaired) electrons. The molecular weight excluding hydrogens is 474 g/mol. The average molecular weight is 514 g/mol. The van der Waals surface area contributed by atoms with Crippen LogP contribution in [0.1, 0.15) is 76.5 Å². The van der Waals surface area contributed by atoms with E-state index in [1.807, 2.05) is 39.8 Å². The summed E-state index contributed by atoms with van der Waals surface area (Å²) in [6, 6.07) is 10.3. The number of phenolic OH excluding ortho intramolecular Hbond substituents is 2. The number of aryl methyl sites for hydroxylation is 1. The maximum atomic E-state index is 13.3. The summed E-state index contributed by atoms with van der Waals surface area (Å²) >= 11 is 0. The Morgan fingerprint density at radius 1 is 1.03 bits per heavy atom. The van der Waals surface area contributed by atoms with Crippen LogP contribution in [0.15, 0.2) is 64.6 Å². The van der Waals surface area contributed by atoms with Gasteiger partial charge in [0.2, 0.25) is 5.91 Å². The van der Waals surface area contributed by atoms with Crippen molar-refractivity contribution in [1.29, 1.82) is 0 Å². The number of sulfonamides is 1. The van der Waals surface area contributed by atoms with Gasteiger partial charge >= 0.3 is 0 Å². The van der Waals surface area contributed by atoms with Crippen molar-refractivity contribution in [3.63, 3.8) is 0 Å². The minimum atomic E-state index is -4.37. The highest BCUT2D eigenvalue weighted by molar-refractivity contribution is 7.90. The lowest BCUT2D eigenvalue weighted by Crippen LogP contribution is -2.32. The molecule has 0 spiro atoms. The monoisotopic (exact) mass is 513 g/mol. The SMILES string of the molecule is CCCCCc1cc(O)c(C/C=C(\C)CCC=C(C)C)c(O)c1S(=O)(=O)NC(=O)Cc1ccccc1. The number of hydrogen-bond acceptors (Lipinski definition) is 5. The average Bonchev–Trinajstić information content (AvgIpc) is 2.78. The van der Waals surface area contributed by atoms with E-state index >= 15 is 0 Å². The molecule has 0 fully saturated rings. The van der Waals surface area contributed by atoms with Gasteiger partial charge in [0, 0.05) is 5.56 Å². The summed E-state index contributed by atoms with van der Waals surface area (Å²) in [5.74, 6) is -1.35. The van der Waals surface area contributed by atoms with Gasteiger partial charge in [-0.15, -0.1) is 0 Å². The van der Waals surface area contributed by atoms with Crippen molar-refractivity contribution < 1.29 is 23.4 Å². The second kappa shape index (κ2) is 13.9. The van der Waals surface area contributed by atoms with Crippen LogP contribution in [0.5, 0.6) is 11.5 Å². The number of nitrogens with one attached hydrogen (secondary N) is 1. The first-order valence-electron chi connectivity index (χ1n) is 12.5. The number of aromatic hydroxyl groups is 2. The molecule has 36 heavy (non-hydrogen) atoms. The van der Waals surface area contributed by atoms with Gasteiger partial charge in [-0.25, -0.2) is 13.1 Å². The van der Waals surface area contributed by atoms with Crippen LogP contribution >= 0.6 is 0 Å². The number of phenols is 2. The molecule has 2 aromatic rings. The zero-order valence-corrected chi connectivity index (χ0v) is 22.6. The summed E-state index contributed by atoms with van der Waals surface area (Å²) in [6.07, 6.45) is 8.65. The Balaban J connectivity index is 2.38. The zero-order chi connectivity index (χ0) is 26.7. The van der Waals surface area contributed by atoms with Gasteiger partial charge in [-0.1, -0.05) is 73.4 Å². The number of carbonyl (C=O) groups excluding carboxylic acids is 1. The quantitative estimate of drug-likeness (QED) is 0.221. The molecule has 2 aromatic carbocycles. The molecule has 0 aliphatic carbocycles. The molecule has 0 unspecified atom stereocenters. The molecule has 196 valence electrons. The molecule has 0 bridgehead atoms. The van der Waals surface area contributed by atoms with Gasteiger partial charge in [0.05, 0.1) is 6.42 Å². The van der Waals surface area contributed by atoms with Gasteiger partial charge in [-0.3, -0.25) is 4.79 Å². The van der Waals surface area contributed by atoms with Crippen LogP contribution in [0.2, 0.25) is 0 Å². The molecule has 0 aliphatic rings. The fourth-order valence-corrected chi connectivity index (χ4v) is 5.32. The summed E-state index contributed by atoms with van der Waals surface area (Å²) in [4.78, 5) is 12.2. The molecule has 0 heterocycles. The molecule has 0 aromatic heterocycles. The van der Waals surface area contributed by atoms with Crippen LogP contribution in [0.3, 0.4) is 0 Å². The molecule has 0 saturated heterocycles. The molecule has 0 atom stereocenters. The first kappa shape index (κ1) is 29.2. The molecule has 1 amide bonds. The minimum absolute atomic E-state index is 0.107. The lowest BCUT2D eigenvalue weighted by molar-refractivity contribution is -0.118. The predicted molar refractivity (Wildman–Crippen MR) is 145 cm³/mol. The molecule has 6 nitrogen and oxygen atoms in total. The lowest BCUT2D eigenvalue weighted by atomic mass is 10.00. The Morgan fingerprint density at radius 3 is 2.36 bits per heavy atom. The van der Waals surface area contributed by atoms with Gasteiger partial charge < -0.3 is 10.2 Å². The first-order valence-corrected chi connectivity index (χ1v) is 14.0. The van der Waals surface area contributed by atoms with Crippen molar-refractivity contribution in [3.8, 4) is 11.5 Å². The summed E-state index contributed by atoms with van der Waals surface area (Å²) in [6.45, 7) is 8.08. The van der Waals surface area contributed by atoms with E-state index < -0.39 is 21.7 Å². The van der Waals surface area contributed by atoms with Crippen molar-refractivity contribution in [2.75, 3.05) is 0 Å². The summed E-state index contributed by atoms with van der Waals surface area (Å²) in [7, 11) is -4.37. The third kappa shape index (κ3) is 8.86. The summed E-state index contributed by atoms with van der Waals surface area (Å²) in [5, 5.41) is 21.8. The van der Waals surface area contributed by atoms with Crippen LogP contribution in [0.25, 0.3) is 0 Å². The van der Waals surface area contributed by atoms with E-state index in [0.717, 1.165) is 31.3 Å². The highest BCUT2D eigenvalue weighted by atomic mass is 32.2. The van der Waals surface area contributed by atoms with Crippen molar-refractivity contribution in [2.24, 2.45) is 0 Å². The minimum Gasteiger partial charge on any atom is -0.508 e. The fraction of sp³-hybridized carbons (Fsp3) is 0.414. The van der Waals surface area contributed by atoms with E-state index in [4.69, 9.17) is 0 Å². The molecule has 7 heteroatoms. The maximum Gasteiger partial charge on any atom is 0.268 e. The number of carbonyl (C=O) groups is 1. The van der Waals surface area contributed by atoms with E-state index in [1.165, 1.54) is 11.6 Å². The van der Waals surface area contributed by atoms with E-state index in [-0.39, 0.29) is 29.1 Å². The number of hydrogen-bond donors (Lipinski definition) is 3. The standard InChI is InChI=1S/C29H39NO5S/c1-5-6-8-16-24-20-26(31)25(18-17-22(4)13-11-12-21(2)3)28(33)29(24)36(34,35)30-27(32)19-23-14-9-7-10-15-23/h7,9-10,12,14-15,17,20,31,33H,5-6,8,11,13,16,18-19H2,1-4H3,(H,30,32)/b22-17+. The number of unbranched alkanes of at least 4 members (excludes halogenated alkanes) is 2. The third-order valence-electron chi connectivity index (χ3n) is 5.93. The van der Waals surface area contributed by atoms with E-state index in [1.54, 1.807) is 24.3 Å². The fourth-order valence-electron chi connectivity index (χ4n) is 3.97. The van der Waals surface area contributed by atoms with E-state index in [2.05, 4.69) is 10.8 Å². The van der Waals surface area contributed by atoms with E-state index in [9.17, 15) is 23.4 Å². The van der Waals surface area contributed by atoms with Crippen molar-refractivity contribution in [1.82, 2.24) is 4.72 Å². The Labute approximate surface area is 215 Å². The highest BCUT2D eigenvalue weighted by Crippen LogP contribution is 2.38. The van der Waals surface area contributed by atoms with E-state index in [0.29, 0.717) is 24.0 Å². The van der Waals surface area contributed by atoms with Crippen molar-refractivity contribution >= 4 is 15.9 Å². The number of rotatable bonds is 13. The summed E-state index contributed by atoms with van der Waals surface area (Å²) in [5.41, 5.74) is 3.41. The Kier molecular flexibility index (Phi) is 11.2. The Morgan fingerprint density at radius 2 is 1.72 bits per heavy atom. The summed E-state index contributed by atoms with van der Waals surface area (Å²) < 4.78 is 28.7. The molecule has 3 N–H and O–H groups in total. The Hall–Kier alpha value is -3.06. The molecule has 0 saturated carbocycles. The molecular formula is C29H39NO5S. The van der Waals surface area contributed by atoms with Gasteiger partial charge in [0.1, 0.15) is 16.4 Å². The van der Waals surface area contributed by atoms with Crippen LogP contribution in [0.4, 0.5) is 0 Å². The Bertz CT molecular complexity index is 1190. The molecule has 2 rings (SSSR count). The predicted octanol–water partition coefficient (Wildman–Crippen LogP) is 6.11. The van der Waals surface area contributed by atoms with Gasteiger partial charge in [-0.05, 0) is 70.1 Å². The van der Waals surface area contributed by atoms with Gasteiger partial charge in [0.25, 0.3) is 10.0 Å². The number of benzene rings is 2. The number of amides is 1. The van der Waals surface area contributed by atoms with Crippen molar-refractivity contribution in [2.45, 2.75) is 84.0 Å². The highest BCUT2D eigenvalue weighted by Gasteiger charge is 2.28. The number of allylic oxidation sites excluding steroid dienone is 4. The topological polar surface area (TPSA) is 104 Å². The normalized spacial score (nSPS) is 11.8. The first-order chi connectivity index (χ1) is 17.0. The lowest BCUT2D eigenvalue weighted by Gasteiger charge is -2.17. The van der Waals surface area contributed by atoms with Crippen LogP contribution < -0.4 is 4.72 Å². The van der Waals surface area contributed by atoms with Crippen molar-refractivity contribution in [3.05, 3.63) is 76.4 Å². The van der Waals surface area contributed by atoms with Crippen LogP contribution in [-0.4, -0.2) is 24.5 Å². The molecule has 0 aliphatic heterocycles. The van der Waals surface area contributed by atoms with Gasteiger partial charge in [-0.2, -0.15) is 0 Å². The zero-order valence-electron chi connectivity index (χ0n) is 21.8. The third-order valence-corrected chi connectivity index (χ3v) is 7.42. The largest absolute Gasteiger partial charge is 0.508 e. The smallest absolute Gasteiger partial charge is 0.268 e. The second-order valence-electron chi connectivity index (χ2n) is 9.43. The maximum absolute atomic E-state index is 13.3.